The quantitative estimate of drug-likeness (QED) is 0.291. The van der Waals surface area contributed by atoms with Gasteiger partial charge in [0.25, 0.3) is 0 Å². The van der Waals surface area contributed by atoms with Crippen molar-refractivity contribution >= 4 is 11.6 Å². The molecule has 0 atom stereocenters. The van der Waals surface area contributed by atoms with Crippen molar-refractivity contribution in [1.29, 1.82) is 0 Å². The summed E-state index contributed by atoms with van der Waals surface area (Å²) in [6.45, 7) is 4.45. The molecule has 0 amide bonds. The molecule has 0 saturated heterocycles. The molecule has 0 aliphatic carbocycles. The Labute approximate surface area is 180 Å². The van der Waals surface area contributed by atoms with Gasteiger partial charge in [-0.05, 0) is 12.1 Å². The first-order valence-electron chi connectivity index (χ1n) is 9.38. The average Bonchev–Trinajstić information content (AvgIpc) is 3.34. The van der Waals surface area contributed by atoms with Crippen LogP contribution in [0.3, 0.4) is 0 Å². The molecule has 3 aromatic rings. The normalized spacial score (nSPS) is 9.19. The Morgan fingerprint density at radius 2 is 1.04 bits per heavy atom. The third-order valence-corrected chi connectivity index (χ3v) is 4.09. The van der Waals surface area contributed by atoms with Gasteiger partial charge in [0, 0.05) is 5.02 Å². The average molecular weight is 403 g/mol. The Morgan fingerprint density at radius 3 is 1.31 bits per heavy atom. The van der Waals surface area contributed by atoms with Crippen LogP contribution in [-0.2, 0) is 34.6 Å². The van der Waals surface area contributed by atoms with Crippen LogP contribution in [0.25, 0.3) is 0 Å². The molecule has 0 aliphatic rings. The zero-order valence-electron chi connectivity index (χ0n) is 16.1. The molecule has 0 spiro atoms. The van der Waals surface area contributed by atoms with Gasteiger partial charge < -0.3 is 0 Å². The number of rotatable bonds is 6. The summed E-state index contributed by atoms with van der Waals surface area (Å²) in [5.41, 5.74) is 2.97. The minimum absolute atomic E-state index is 0. The fourth-order valence-corrected chi connectivity index (χ4v) is 2.48. The van der Waals surface area contributed by atoms with Crippen LogP contribution < -0.4 is 0 Å². The summed E-state index contributed by atoms with van der Waals surface area (Å²) >= 11 is 5.54. The van der Waals surface area contributed by atoms with Crippen LogP contribution in [0.2, 0.25) is 5.02 Å². The summed E-state index contributed by atoms with van der Waals surface area (Å²) in [7, 11) is 0. The Hall–Kier alpha value is -1.08. The standard InChI is InChI=1S/2C9H13.C6H5Cl.Ti/c2*1-2-3-6-9-7-4-5-8-9;7-6-4-2-1-3-5-6;/h2*4-5,7-8H,2-3,6H2,1H3;1-5H;/q2*-1;;+2. The second kappa shape index (κ2) is 17.3. The fraction of sp³-hybridized carbons (Fsp3) is 0.333. The van der Waals surface area contributed by atoms with Gasteiger partial charge in [0.05, 0.1) is 0 Å². The van der Waals surface area contributed by atoms with Gasteiger partial charge in [-0.1, -0.05) is 82.2 Å². The molecule has 3 rings (SSSR count). The maximum atomic E-state index is 5.54. The van der Waals surface area contributed by atoms with Gasteiger partial charge in [0.1, 0.15) is 0 Å². The van der Waals surface area contributed by atoms with Gasteiger partial charge >= 0.3 is 21.7 Å². The predicted octanol–water partition coefficient (Wildman–Crippen LogP) is 7.83. The van der Waals surface area contributed by atoms with Crippen molar-refractivity contribution in [1.82, 2.24) is 0 Å². The summed E-state index contributed by atoms with van der Waals surface area (Å²) in [6, 6.07) is 26.6. The molecule has 2 heteroatoms. The molecule has 0 aliphatic heterocycles. The predicted molar refractivity (Wildman–Crippen MR) is 113 cm³/mol. The van der Waals surface area contributed by atoms with E-state index in [0.717, 1.165) is 5.02 Å². The summed E-state index contributed by atoms with van der Waals surface area (Å²) in [5, 5.41) is 0.794. The molecule has 0 nitrogen and oxygen atoms in total. The number of hydrogen-bond acceptors (Lipinski definition) is 0. The molecular weight excluding hydrogens is 372 g/mol. The molecule has 0 unspecified atom stereocenters. The first kappa shape index (κ1) is 24.9. The molecule has 0 radical (unpaired) electrons. The van der Waals surface area contributed by atoms with Crippen LogP contribution in [0.15, 0.2) is 78.9 Å². The minimum atomic E-state index is 0. The van der Waals surface area contributed by atoms with Gasteiger partial charge in [0.2, 0.25) is 0 Å². The smallest absolute Gasteiger partial charge is 0.213 e. The molecule has 0 fully saturated rings. The molecule has 3 aromatic carbocycles. The minimum Gasteiger partial charge on any atom is -0.213 e. The van der Waals surface area contributed by atoms with Crippen molar-refractivity contribution < 1.29 is 21.7 Å². The molecule has 0 saturated carbocycles. The van der Waals surface area contributed by atoms with E-state index >= 15 is 0 Å². The Kier molecular flexibility index (Phi) is 16.6. The zero-order chi connectivity index (χ0) is 18.2. The van der Waals surface area contributed by atoms with E-state index in [1.165, 1.54) is 49.7 Å². The van der Waals surface area contributed by atoms with Crippen LogP contribution in [-0.4, -0.2) is 0 Å². The number of halogens is 1. The largest absolute Gasteiger partial charge is 2.00 e. The third kappa shape index (κ3) is 13.2. The third-order valence-electron chi connectivity index (χ3n) is 3.83. The topological polar surface area (TPSA) is 0 Å². The molecule has 0 heterocycles. The van der Waals surface area contributed by atoms with Crippen molar-refractivity contribution in [2.24, 2.45) is 0 Å². The Balaban J connectivity index is 0.000000357. The van der Waals surface area contributed by atoms with Crippen LogP contribution in [0.1, 0.15) is 50.7 Å². The molecule has 26 heavy (non-hydrogen) atoms. The van der Waals surface area contributed by atoms with Crippen molar-refractivity contribution in [3.05, 3.63) is 95.0 Å². The second-order valence-electron chi connectivity index (χ2n) is 6.09. The summed E-state index contributed by atoms with van der Waals surface area (Å²) in [6.07, 6.45) is 7.75. The van der Waals surface area contributed by atoms with Gasteiger partial charge in [-0.25, -0.2) is 24.3 Å². The SMILES string of the molecule is CCCC[c-]1cccc1.CCCC[c-]1cccc1.Clc1ccccc1.[Ti+2]. The van der Waals surface area contributed by atoms with E-state index in [1.807, 2.05) is 30.3 Å². The van der Waals surface area contributed by atoms with Crippen LogP contribution >= 0.6 is 11.6 Å². The molecule has 0 aromatic heterocycles. The van der Waals surface area contributed by atoms with E-state index in [9.17, 15) is 0 Å². The van der Waals surface area contributed by atoms with Crippen molar-refractivity contribution in [2.75, 3.05) is 0 Å². The van der Waals surface area contributed by atoms with Crippen LogP contribution in [0.4, 0.5) is 0 Å². The number of unbranched alkanes of at least 4 members (excludes halogenated alkanes) is 2. The van der Waals surface area contributed by atoms with Crippen molar-refractivity contribution in [2.45, 2.75) is 52.4 Å². The summed E-state index contributed by atoms with van der Waals surface area (Å²) < 4.78 is 0. The summed E-state index contributed by atoms with van der Waals surface area (Å²) in [4.78, 5) is 0. The maximum absolute atomic E-state index is 5.54. The van der Waals surface area contributed by atoms with E-state index in [1.54, 1.807) is 0 Å². The molecule has 0 N–H and O–H groups in total. The first-order chi connectivity index (χ1) is 12.3. The summed E-state index contributed by atoms with van der Waals surface area (Å²) in [5.74, 6) is 0. The first-order valence-corrected chi connectivity index (χ1v) is 9.75. The van der Waals surface area contributed by atoms with Crippen molar-refractivity contribution in [3.63, 3.8) is 0 Å². The molecule has 138 valence electrons. The van der Waals surface area contributed by atoms with Crippen LogP contribution in [0.5, 0.6) is 0 Å². The van der Waals surface area contributed by atoms with Gasteiger partial charge in [0.15, 0.2) is 0 Å². The monoisotopic (exact) mass is 402 g/mol. The van der Waals surface area contributed by atoms with E-state index in [4.69, 9.17) is 11.6 Å². The second-order valence-corrected chi connectivity index (χ2v) is 6.53. The van der Waals surface area contributed by atoms with Crippen molar-refractivity contribution in [3.8, 4) is 0 Å². The van der Waals surface area contributed by atoms with Crippen LogP contribution in [0, 0.1) is 0 Å². The van der Waals surface area contributed by atoms with Gasteiger partial charge in [-0.15, -0.1) is 0 Å². The zero-order valence-corrected chi connectivity index (χ0v) is 18.4. The fourth-order valence-electron chi connectivity index (χ4n) is 2.34. The number of aryl methyl sites for hydroxylation is 2. The van der Waals surface area contributed by atoms with E-state index in [0.29, 0.717) is 0 Å². The van der Waals surface area contributed by atoms with Gasteiger partial charge in [-0.3, -0.25) is 0 Å². The van der Waals surface area contributed by atoms with E-state index < -0.39 is 0 Å². The maximum Gasteiger partial charge on any atom is 2.00 e. The molecule has 0 bridgehead atoms. The Bertz CT molecular complexity index is 559. The molecular formula is C24H31ClTi. The Morgan fingerprint density at radius 1 is 0.654 bits per heavy atom. The number of hydrogen-bond donors (Lipinski definition) is 0. The van der Waals surface area contributed by atoms with Gasteiger partial charge in [-0.2, -0.15) is 35.4 Å². The van der Waals surface area contributed by atoms with E-state index in [2.05, 4.69) is 62.4 Å². The van der Waals surface area contributed by atoms with E-state index in [-0.39, 0.29) is 21.7 Å². The number of benzene rings is 1.